The van der Waals surface area contributed by atoms with Gasteiger partial charge in [-0.25, -0.2) is 4.79 Å². The highest BCUT2D eigenvalue weighted by molar-refractivity contribution is 8.18. The van der Waals surface area contributed by atoms with Crippen LogP contribution in [0.2, 0.25) is 0 Å². The predicted octanol–water partition coefficient (Wildman–Crippen LogP) is 2.93. The van der Waals surface area contributed by atoms with Crippen molar-refractivity contribution < 1.29 is 28.3 Å². The van der Waals surface area contributed by atoms with Crippen LogP contribution in [0.15, 0.2) is 39.9 Å². The van der Waals surface area contributed by atoms with E-state index in [2.05, 4.69) is 5.32 Å². The van der Waals surface area contributed by atoms with Crippen molar-refractivity contribution in [1.29, 1.82) is 0 Å². The maximum Gasteiger partial charge on any atom is 0.328 e. The third-order valence-corrected chi connectivity index (χ3v) is 5.79. The van der Waals surface area contributed by atoms with Gasteiger partial charge in [-0.2, -0.15) is 0 Å². The number of nitrogens with one attached hydrogen (secondary N) is 1. The molecule has 1 unspecified atom stereocenters. The number of thioether (sulfide) groups is 1. The number of amides is 3. The monoisotopic (exact) mass is 426 g/mol. The summed E-state index contributed by atoms with van der Waals surface area (Å²) in [6, 6.07) is 4.80. The van der Waals surface area contributed by atoms with Crippen LogP contribution in [0.25, 0.3) is 23.1 Å². The molecule has 0 aliphatic carbocycles. The van der Waals surface area contributed by atoms with Gasteiger partial charge >= 0.3 is 5.97 Å². The summed E-state index contributed by atoms with van der Waals surface area (Å²) in [6.45, 7) is 0.505. The van der Waals surface area contributed by atoms with Crippen LogP contribution in [0.3, 0.4) is 0 Å². The Morgan fingerprint density at radius 1 is 1.33 bits per heavy atom. The summed E-state index contributed by atoms with van der Waals surface area (Å²) in [5, 5.41) is 2.58. The molecule has 3 amide bonds. The zero-order chi connectivity index (χ0) is 21.3. The molecular formula is C21H18N2O6S. The first-order valence-electron chi connectivity index (χ1n) is 9.29. The van der Waals surface area contributed by atoms with Crippen molar-refractivity contribution in [2.24, 2.45) is 0 Å². The molecule has 2 fully saturated rings. The number of carbonyl (C=O) groups excluding carboxylic acids is 4. The summed E-state index contributed by atoms with van der Waals surface area (Å²) in [7, 11) is 1.31. The largest absolute Gasteiger partial charge is 0.467 e. The fourth-order valence-corrected chi connectivity index (χ4v) is 4.21. The molecule has 0 radical (unpaired) electrons. The number of methoxy groups -OCH3 is 1. The fraction of sp³-hybridized carbons (Fsp3) is 0.238. The Hall–Kier alpha value is -3.33. The smallest absolute Gasteiger partial charge is 0.328 e. The molecule has 2 aromatic rings. The van der Waals surface area contributed by atoms with E-state index in [0.717, 1.165) is 29.1 Å². The minimum absolute atomic E-state index is 0.270. The minimum Gasteiger partial charge on any atom is -0.467 e. The number of nitrogens with zero attached hydrogens (tertiary/aromatic N) is 1. The standard InChI is InChI=1S/C21H18N2O6S/c1-28-20(26)15-3-2-8-23(15)18(24)7-5-13-11-29-16-6-4-12(9-14(13)16)10-17-19(25)22-21(27)30-17/h4-7,9-11,15H,2-3,8H2,1H3,(H,22,25,27)/b7-5+,17-10-. The van der Waals surface area contributed by atoms with Crippen LogP contribution in [0.5, 0.6) is 0 Å². The summed E-state index contributed by atoms with van der Waals surface area (Å²) in [4.78, 5) is 49.3. The third kappa shape index (κ3) is 3.88. The van der Waals surface area contributed by atoms with Gasteiger partial charge in [0.25, 0.3) is 11.1 Å². The van der Waals surface area contributed by atoms with Crippen LogP contribution in [0.1, 0.15) is 24.0 Å². The van der Waals surface area contributed by atoms with E-state index in [4.69, 9.17) is 9.15 Å². The number of furan rings is 1. The van der Waals surface area contributed by atoms with Crippen molar-refractivity contribution >= 4 is 57.9 Å². The first-order chi connectivity index (χ1) is 14.5. The highest BCUT2D eigenvalue weighted by Gasteiger charge is 2.33. The maximum absolute atomic E-state index is 12.6. The topological polar surface area (TPSA) is 106 Å². The Labute approximate surface area is 175 Å². The summed E-state index contributed by atoms with van der Waals surface area (Å²) in [5.41, 5.74) is 2.03. The van der Waals surface area contributed by atoms with Gasteiger partial charge in [0.15, 0.2) is 0 Å². The van der Waals surface area contributed by atoms with E-state index in [9.17, 15) is 19.2 Å². The lowest BCUT2D eigenvalue weighted by molar-refractivity contribution is -0.149. The number of imide groups is 1. The second-order valence-corrected chi connectivity index (χ2v) is 7.86. The van der Waals surface area contributed by atoms with Crippen LogP contribution in [0, 0.1) is 0 Å². The lowest BCUT2D eigenvalue weighted by Crippen LogP contribution is -2.40. The van der Waals surface area contributed by atoms with Gasteiger partial charge in [0.05, 0.1) is 18.3 Å². The summed E-state index contributed by atoms with van der Waals surface area (Å²) < 4.78 is 10.3. The van der Waals surface area contributed by atoms with Gasteiger partial charge in [-0.15, -0.1) is 0 Å². The molecule has 8 nitrogen and oxygen atoms in total. The molecule has 9 heteroatoms. The SMILES string of the molecule is COC(=O)C1CCCN1C(=O)/C=C/c1coc2ccc(/C=C3\SC(=O)NC3=O)cc12. The zero-order valence-corrected chi connectivity index (χ0v) is 16.9. The van der Waals surface area contributed by atoms with Crippen molar-refractivity contribution in [3.05, 3.63) is 46.6 Å². The number of esters is 1. The first kappa shape index (κ1) is 20.0. The second kappa shape index (κ2) is 8.19. The number of likely N-dealkylation sites (tertiary alicyclic amines) is 1. The van der Waals surface area contributed by atoms with Gasteiger partial charge in [0.2, 0.25) is 5.91 Å². The van der Waals surface area contributed by atoms with E-state index in [0.29, 0.717) is 29.0 Å². The average molecular weight is 426 g/mol. The molecule has 0 bridgehead atoms. The number of hydrogen-bond acceptors (Lipinski definition) is 7. The van der Waals surface area contributed by atoms with Crippen LogP contribution < -0.4 is 5.32 Å². The number of carbonyl (C=O) groups is 4. The summed E-state index contributed by atoms with van der Waals surface area (Å²) in [6.07, 6.45) is 7.55. The number of rotatable bonds is 4. The van der Waals surface area contributed by atoms with E-state index >= 15 is 0 Å². The highest BCUT2D eigenvalue weighted by atomic mass is 32.2. The van der Waals surface area contributed by atoms with Crippen molar-refractivity contribution in [1.82, 2.24) is 10.2 Å². The van der Waals surface area contributed by atoms with Crippen LogP contribution in [-0.2, 0) is 19.1 Å². The van der Waals surface area contributed by atoms with Gasteiger partial charge < -0.3 is 14.1 Å². The Morgan fingerprint density at radius 2 is 2.17 bits per heavy atom. The van der Waals surface area contributed by atoms with Gasteiger partial charge in [-0.05, 0) is 54.5 Å². The minimum atomic E-state index is -0.552. The highest BCUT2D eigenvalue weighted by Crippen LogP contribution is 2.29. The second-order valence-electron chi connectivity index (χ2n) is 6.85. The Morgan fingerprint density at radius 3 is 2.90 bits per heavy atom. The van der Waals surface area contributed by atoms with Gasteiger partial charge in [-0.1, -0.05) is 6.07 Å². The lowest BCUT2D eigenvalue weighted by atomic mass is 10.1. The van der Waals surface area contributed by atoms with E-state index in [1.807, 2.05) is 6.07 Å². The lowest BCUT2D eigenvalue weighted by Gasteiger charge is -2.20. The number of fused-ring (bicyclic) bond motifs is 1. The normalized spacial score (nSPS) is 20.5. The summed E-state index contributed by atoms with van der Waals surface area (Å²) >= 11 is 0.849. The van der Waals surface area contributed by atoms with Gasteiger partial charge in [-0.3, -0.25) is 19.7 Å². The molecule has 0 spiro atoms. The van der Waals surface area contributed by atoms with E-state index < -0.39 is 23.2 Å². The molecule has 4 rings (SSSR count). The van der Waals surface area contributed by atoms with Crippen molar-refractivity contribution in [3.8, 4) is 0 Å². The van der Waals surface area contributed by atoms with Gasteiger partial charge in [0.1, 0.15) is 11.6 Å². The Balaban J connectivity index is 1.57. The number of benzene rings is 1. The molecule has 2 aliphatic rings. The average Bonchev–Trinajstić information content (AvgIpc) is 3.44. The quantitative estimate of drug-likeness (QED) is 0.592. The van der Waals surface area contributed by atoms with Crippen LogP contribution in [0.4, 0.5) is 4.79 Å². The molecule has 3 heterocycles. The van der Waals surface area contributed by atoms with Crippen molar-refractivity contribution in [2.45, 2.75) is 18.9 Å². The zero-order valence-electron chi connectivity index (χ0n) is 16.0. The third-order valence-electron chi connectivity index (χ3n) is 4.98. The van der Waals surface area contributed by atoms with Gasteiger partial charge in [0, 0.05) is 23.6 Å². The molecule has 1 N–H and O–H groups in total. The Bertz CT molecular complexity index is 1120. The molecule has 2 aliphatic heterocycles. The number of ether oxygens (including phenoxy) is 1. The molecule has 1 aromatic heterocycles. The molecule has 154 valence electrons. The molecule has 0 saturated carbocycles. The molecule has 1 aromatic carbocycles. The Kier molecular flexibility index (Phi) is 5.45. The molecule has 2 saturated heterocycles. The maximum atomic E-state index is 12.6. The molecular weight excluding hydrogens is 408 g/mol. The summed E-state index contributed by atoms with van der Waals surface area (Å²) in [5.74, 6) is -1.10. The predicted molar refractivity (Wildman–Crippen MR) is 111 cm³/mol. The van der Waals surface area contributed by atoms with E-state index in [1.165, 1.54) is 24.3 Å². The van der Waals surface area contributed by atoms with E-state index in [-0.39, 0.29) is 5.91 Å². The van der Waals surface area contributed by atoms with Crippen LogP contribution in [-0.4, -0.2) is 47.6 Å². The van der Waals surface area contributed by atoms with Crippen molar-refractivity contribution in [2.75, 3.05) is 13.7 Å². The number of hydrogen-bond donors (Lipinski definition) is 1. The fourth-order valence-electron chi connectivity index (χ4n) is 3.53. The molecule has 30 heavy (non-hydrogen) atoms. The van der Waals surface area contributed by atoms with Crippen LogP contribution >= 0.6 is 11.8 Å². The first-order valence-corrected chi connectivity index (χ1v) is 10.1. The van der Waals surface area contributed by atoms with E-state index in [1.54, 1.807) is 24.3 Å². The van der Waals surface area contributed by atoms with Crippen molar-refractivity contribution in [3.63, 3.8) is 0 Å². The molecule has 1 atom stereocenters.